The van der Waals surface area contributed by atoms with Crippen molar-refractivity contribution < 1.29 is 9.53 Å². The van der Waals surface area contributed by atoms with Gasteiger partial charge in [0, 0.05) is 24.3 Å². The maximum Gasteiger partial charge on any atom is 0.358 e. The predicted molar refractivity (Wildman–Crippen MR) is 58.9 cm³/mol. The van der Waals surface area contributed by atoms with Crippen LogP contribution >= 0.6 is 0 Å². The molecule has 1 saturated carbocycles. The lowest BCUT2D eigenvalue weighted by molar-refractivity contribution is 0.0590. The SMILES string of the molecule is COC(=O)c1nn(C)cc1C1(N)CCCC1. The molecule has 0 aromatic carbocycles. The third-order valence-electron chi connectivity index (χ3n) is 3.24. The van der Waals surface area contributed by atoms with Crippen molar-refractivity contribution in [2.45, 2.75) is 31.2 Å². The fourth-order valence-electron chi connectivity index (χ4n) is 2.38. The van der Waals surface area contributed by atoms with Crippen molar-refractivity contribution in [1.82, 2.24) is 9.78 Å². The molecule has 0 bridgehead atoms. The molecular weight excluding hydrogens is 206 g/mol. The van der Waals surface area contributed by atoms with E-state index in [2.05, 4.69) is 5.10 Å². The number of nitrogens with zero attached hydrogens (tertiary/aromatic N) is 2. The quantitative estimate of drug-likeness (QED) is 0.757. The van der Waals surface area contributed by atoms with Crippen LogP contribution in [0.25, 0.3) is 0 Å². The molecule has 0 saturated heterocycles. The van der Waals surface area contributed by atoms with Gasteiger partial charge in [0.25, 0.3) is 0 Å². The molecule has 1 fully saturated rings. The van der Waals surface area contributed by atoms with Crippen LogP contribution in [0, 0.1) is 0 Å². The van der Waals surface area contributed by atoms with Crippen LogP contribution < -0.4 is 5.73 Å². The van der Waals surface area contributed by atoms with Crippen LogP contribution in [0.1, 0.15) is 41.7 Å². The first-order valence-corrected chi connectivity index (χ1v) is 5.48. The topological polar surface area (TPSA) is 70.1 Å². The van der Waals surface area contributed by atoms with Gasteiger partial charge in [-0.25, -0.2) is 4.79 Å². The number of carbonyl (C=O) groups excluding carboxylic acids is 1. The van der Waals surface area contributed by atoms with Crippen molar-refractivity contribution in [2.24, 2.45) is 12.8 Å². The lowest BCUT2D eigenvalue weighted by Gasteiger charge is -2.22. The van der Waals surface area contributed by atoms with E-state index in [0.717, 1.165) is 31.2 Å². The number of carbonyl (C=O) groups is 1. The molecule has 1 aliphatic rings. The molecule has 1 aromatic rings. The van der Waals surface area contributed by atoms with Gasteiger partial charge in [-0.15, -0.1) is 0 Å². The standard InChI is InChI=1S/C11H17N3O2/c1-14-7-8(9(13-14)10(15)16-2)11(12)5-3-4-6-11/h7H,3-6,12H2,1-2H3. The van der Waals surface area contributed by atoms with Crippen molar-refractivity contribution in [1.29, 1.82) is 0 Å². The number of methoxy groups -OCH3 is 1. The van der Waals surface area contributed by atoms with Gasteiger partial charge in [-0.3, -0.25) is 4.68 Å². The van der Waals surface area contributed by atoms with Gasteiger partial charge in [-0.05, 0) is 12.8 Å². The van der Waals surface area contributed by atoms with Crippen molar-refractivity contribution in [2.75, 3.05) is 7.11 Å². The Morgan fingerprint density at radius 1 is 1.56 bits per heavy atom. The molecule has 16 heavy (non-hydrogen) atoms. The van der Waals surface area contributed by atoms with Crippen molar-refractivity contribution >= 4 is 5.97 Å². The minimum atomic E-state index is -0.410. The van der Waals surface area contributed by atoms with E-state index in [1.54, 1.807) is 11.7 Å². The van der Waals surface area contributed by atoms with Gasteiger partial charge in [-0.2, -0.15) is 5.10 Å². The van der Waals surface area contributed by atoms with Gasteiger partial charge in [0.1, 0.15) is 0 Å². The number of ether oxygens (including phenoxy) is 1. The number of rotatable bonds is 2. The molecule has 1 aliphatic carbocycles. The number of aromatic nitrogens is 2. The summed E-state index contributed by atoms with van der Waals surface area (Å²) in [5, 5.41) is 4.13. The molecule has 1 heterocycles. The highest BCUT2D eigenvalue weighted by Crippen LogP contribution is 2.37. The van der Waals surface area contributed by atoms with E-state index in [1.807, 2.05) is 6.20 Å². The molecule has 0 spiro atoms. The van der Waals surface area contributed by atoms with Gasteiger partial charge < -0.3 is 10.5 Å². The van der Waals surface area contributed by atoms with Crippen molar-refractivity contribution in [3.8, 4) is 0 Å². The number of hydrogen-bond acceptors (Lipinski definition) is 4. The van der Waals surface area contributed by atoms with E-state index in [1.165, 1.54) is 7.11 Å². The second-order valence-corrected chi connectivity index (χ2v) is 4.42. The van der Waals surface area contributed by atoms with Crippen LogP contribution in [0.4, 0.5) is 0 Å². The molecule has 0 aliphatic heterocycles. The van der Waals surface area contributed by atoms with Gasteiger partial charge >= 0.3 is 5.97 Å². The molecule has 0 unspecified atom stereocenters. The second kappa shape index (κ2) is 3.90. The molecule has 5 heteroatoms. The third-order valence-corrected chi connectivity index (χ3v) is 3.24. The minimum Gasteiger partial charge on any atom is -0.464 e. The van der Waals surface area contributed by atoms with E-state index in [9.17, 15) is 4.79 Å². The van der Waals surface area contributed by atoms with Crippen LogP contribution in [0.2, 0.25) is 0 Å². The van der Waals surface area contributed by atoms with Crippen LogP contribution in [-0.4, -0.2) is 22.9 Å². The average molecular weight is 223 g/mol. The van der Waals surface area contributed by atoms with Crippen LogP contribution in [-0.2, 0) is 17.3 Å². The zero-order valence-electron chi connectivity index (χ0n) is 9.69. The highest BCUT2D eigenvalue weighted by atomic mass is 16.5. The predicted octanol–water partition coefficient (Wildman–Crippen LogP) is 0.935. The van der Waals surface area contributed by atoms with Crippen molar-refractivity contribution in [3.05, 3.63) is 17.5 Å². The highest BCUT2D eigenvalue weighted by molar-refractivity contribution is 5.89. The number of esters is 1. The van der Waals surface area contributed by atoms with E-state index in [-0.39, 0.29) is 0 Å². The summed E-state index contributed by atoms with van der Waals surface area (Å²) in [5.74, 6) is -0.410. The lowest BCUT2D eigenvalue weighted by Crippen LogP contribution is -2.34. The Bertz CT molecular complexity index is 405. The first kappa shape index (κ1) is 11.1. The zero-order chi connectivity index (χ0) is 11.8. The lowest BCUT2D eigenvalue weighted by atomic mass is 9.90. The van der Waals surface area contributed by atoms with Crippen molar-refractivity contribution in [3.63, 3.8) is 0 Å². The molecule has 2 rings (SSSR count). The average Bonchev–Trinajstić information content (AvgIpc) is 2.84. The summed E-state index contributed by atoms with van der Waals surface area (Å²) in [6.07, 6.45) is 5.85. The molecule has 0 amide bonds. The Morgan fingerprint density at radius 3 is 2.75 bits per heavy atom. The molecule has 2 N–H and O–H groups in total. The third kappa shape index (κ3) is 1.71. The Kier molecular flexibility index (Phi) is 2.71. The zero-order valence-corrected chi connectivity index (χ0v) is 9.69. The van der Waals surface area contributed by atoms with E-state index in [0.29, 0.717) is 5.69 Å². The van der Waals surface area contributed by atoms with Gasteiger partial charge in [0.15, 0.2) is 5.69 Å². The summed E-state index contributed by atoms with van der Waals surface area (Å²) < 4.78 is 6.34. The maximum atomic E-state index is 11.6. The fourth-order valence-corrected chi connectivity index (χ4v) is 2.38. The number of aryl methyl sites for hydroxylation is 1. The van der Waals surface area contributed by atoms with Crippen LogP contribution in [0.5, 0.6) is 0 Å². The van der Waals surface area contributed by atoms with Crippen LogP contribution in [0.15, 0.2) is 6.20 Å². The Hall–Kier alpha value is -1.36. The van der Waals surface area contributed by atoms with Gasteiger partial charge in [0.2, 0.25) is 0 Å². The summed E-state index contributed by atoms with van der Waals surface area (Å²) in [7, 11) is 3.15. The number of hydrogen-bond donors (Lipinski definition) is 1. The van der Waals surface area contributed by atoms with E-state index >= 15 is 0 Å². The first-order chi connectivity index (χ1) is 7.57. The summed E-state index contributed by atoms with van der Waals surface area (Å²) in [6.45, 7) is 0. The normalized spacial score (nSPS) is 18.7. The number of nitrogens with two attached hydrogens (primary N) is 1. The minimum absolute atomic E-state index is 0.356. The Balaban J connectivity index is 2.43. The smallest absolute Gasteiger partial charge is 0.358 e. The molecule has 88 valence electrons. The van der Waals surface area contributed by atoms with Crippen LogP contribution in [0.3, 0.4) is 0 Å². The maximum absolute atomic E-state index is 11.6. The Morgan fingerprint density at radius 2 is 2.19 bits per heavy atom. The molecule has 0 radical (unpaired) electrons. The second-order valence-electron chi connectivity index (χ2n) is 4.42. The monoisotopic (exact) mass is 223 g/mol. The molecule has 5 nitrogen and oxygen atoms in total. The van der Waals surface area contributed by atoms with Gasteiger partial charge in [-0.1, -0.05) is 12.8 Å². The van der Waals surface area contributed by atoms with E-state index in [4.69, 9.17) is 10.5 Å². The summed E-state index contributed by atoms with van der Waals surface area (Å²) in [6, 6.07) is 0. The summed E-state index contributed by atoms with van der Waals surface area (Å²) in [4.78, 5) is 11.6. The first-order valence-electron chi connectivity index (χ1n) is 5.48. The molecular formula is C11H17N3O2. The van der Waals surface area contributed by atoms with Gasteiger partial charge in [0.05, 0.1) is 7.11 Å². The summed E-state index contributed by atoms with van der Waals surface area (Å²) >= 11 is 0. The summed E-state index contributed by atoms with van der Waals surface area (Å²) in [5.41, 5.74) is 7.10. The Labute approximate surface area is 94.6 Å². The largest absolute Gasteiger partial charge is 0.464 e. The van der Waals surface area contributed by atoms with E-state index < -0.39 is 11.5 Å². The fraction of sp³-hybridized carbons (Fsp3) is 0.636. The highest BCUT2D eigenvalue weighted by Gasteiger charge is 2.36. The molecule has 0 atom stereocenters. The molecule has 1 aromatic heterocycles.